The van der Waals surface area contributed by atoms with E-state index in [0.717, 1.165) is 21.3 Å². The molecular weight excluding hydrogens is 264 g/mol. The zero-order valence-corrected chi connectivity index (χ0v) is 10.2. The SMILES string of the molecule is NN=C(c1ccccc1)c1ccccc1Br. The summed E-state index contributed by atoms with van der Waals surface area (Å²) in [7, 11) is 0. The molecule has 0 atom stereocenters. The molecule has 0 radical (unpaired) electrons. The molecule has 3 heteroatoms. The first kappa shape index (κ1) is 10.9. The van der Waals surface area contributed by atoms with Crippen molar-refractivity contribution in [3.05, 3.63) is 70.2 Å². The lowest BCUT2D eigenvalue weighted by Gasteiger charge is -2.07. The molecule has 0 saturated heterocycles. The molecule has 0 unspecified atom stereocenters. The molecule has 0 aliphatic carbocycles. The van der Waals surface area contributed by atoms with Crippen molar-refractivity contribution in [1.82, 2.24) is 0 Å². The Morgan fingerprint density at radius 2 is 1.56 bits per heavy atom. The summed E-state index contributed by atoms with van der Waals surface area (Å²) < 4.78 is 0.989. The lowest BCUT2D eigenvalue weighted by Crippen LogP contribution is -2.06. The average molecular weight is 275 g/mol. The summed E-state index contributed by atoms with van der Waals surface area (Å²) in [6.45, 7) is 0. The van der Waals surface area contributed by atoms with Gasteiger partial charge in [0.1, 0.15) is 0 Å². The maximum absolute atomic E-state index is 5.47. The van der Waals surface area contributed by atoms with Crippen molar-refractivity contribution in [2.24, 2.45) is 10.9 Å². The summed E-state index contributed by atoms with van der Waals surface area (Å²) in [6.07, 6.45) is 0. The minimum absolute atomic E-state index is 0.785. The molecule has 2 nitrogen and oxygen atoms in total. The van der Waals surface area contributed by atoms with Crippen LogP contribution >= 0.6 is 15.9 Å². The van der Waals surface area contributed by atoms with E-state index in [0.29, 0.717) is 0 Å². The Kier molecular flexibility index (Phi) is 3.37. The van der Waals surface area contributed by atoms with Gasteiger partial charge in [-0.3, -0.25) is 0 Å². The number of nitrogens with zero attached hydrogens (tertiary/aromatic N) is 1. The van der Waals surface area contributed by atoms with Crippen LogP contribution in [-0.4, -0.2) is 5.71 Å². The molecule has 2 rings (SSSR count). The van der Waals surface area contributed by atoms with Crippen LogP contribution in [0.1, 0.15) is 11.1 Å². The molecule has 0 aliphatic rings. The molecule has 0 amide bonds. The van der Waals surface area contributed by atoms with Crippen molar-refractivity contribution in [3.8, 4) is 0 Å². The van der Waals surface area contributed by atoms with E-state index in [9.17, 15) is 0 Å². The molecular formula is C13H11BrN2. The van der Waals surface area contributed by atoms with Gasteiger partial charge in [0.2, 0.25) is 0 Å². The minimum atomic E-state index is 0.785. The van der Waals surface area contributed by atoms with Gasteiger partial charge in [-0.2, -0.15) is 5.10 Å². The van der Waals surface area contributed by atoms with Crippen LogP contribution in [0.4, 0.5) is 0 Å². The Labute approximate surface area is 103 Å². The second kappa shape index (κ2) is 4.94. The number of halogens is 1. The first-order valence-corrected chi connectivity index (χ1v) is 5.70. The molecule has 80 valence electrons. The highest BCUT2D eigenvalue weighted by molar-refractivity contribution is 9.10. The predicted molar refractivity (Wildman–Crippen MR) is 70.4 cm³/mol. The lowest BCUT2D eigenvalue weighted by atomic mass is 10.0. The smallest absolute Gasteiger partial charge is 0.0982 e. The van der Waals surface area contributed by atoms with Gasteiger partial charge in [-0.25, -0.2) is 0 Å². The van der Waals surface area contributed by atoms with E-state index in [4.69, 9.17) is 5.84 Å². The third-order valence-corrected chi connectivity index (χ3v) is 3.00. The highest BCUT2D eigenvalue weighted by Gasteiger charge is 2.08. The molecule has 2 aromatic carbocycles. The highest BCUT2D eigenvalue weighted by atomic mass is 79.9. The Hall–Kier alpha value is -1.61. The van der Waals surface area contributed by atoms with Gasteiger partial charge in [-0.1, -0.05) is 64.5 Å². The van der Waals surface area contributed by atoms with Crippen LogP contribution in [0.15, 0.2) is 64.2 Å². The summed E-state index contributed by atoms with van der Waals surface area (Å²) in [5.74, 6) is 5.47. The topological polar surface area (TPSA) is 38.4 Å². The van der Waals surface area contributed by atoms with E-state index >= 15 is 0 Å². The van der Waals surface area contributed by atoms with E-state index in [1.165, 1.54) is 0 Å². The second-order valence-corrected chi connectivity index (χ2v) is 4.18. The van der Waals surface area contributed by atoms with Gasteiger partial charge in [0, 0.05) is 15.6 Å². The third kappa shape index (κ3) is 2.14. The van der Waals surface area contributed by atoms with E-state index in [1.54, 1.807) is 0 Å². The summed E-state index contributed by atoms with van der Waals surface area (Å²) >= 11 is 3.50. The van der Waals surface area contributed by atoms with Crippen molar-refractivity contribution in [1.29, 1.82) is 0 Å². The van der Waals surface area contributed by atoms with Crippen molar-refractivity contribution < 1.29 is 0 Å². The fourth-order valence-electron chi connectivity index (χ4n) is 1.55. The monoisotopic (exact) mass is 274 g/mol. The minimum Gasteiger partial charge on any atom is -0.323 e. The first-order valence-electron chi connectivity index (χ1n) is 4.91. The molecule has 2 aromatic rings. The van der Waals surface area contributed by atoms with E-state index in [-0.39, 0.29) is 0 Å². The zero-order valence-electron chi connectivity index (χ0n) is 8.60. The molecule has 0 bridgehead atoms. The van der Waals surface area contributed by atoms with Crippen molar-refractivity contribution in [2.45, 2.75) is 0 Å². The number of nitrogens with two attached hydrogens (primary N) is 1. The third-order valence-electron chi connectivity index (χ3n) is 2.31. The lowest BCUT2D eigenvalue weighted by molar-refractivity contribution is 1.24. The van der Waals surface area contributed by atoms with Gasteiger partial charge >= 0.3 is 0 Å². The average Bonchev–Trinajstić information content (AvgIpc) is 2.34. The number of hydrogen-bond donors (Lipinski definition) is 1. The van der Waals surface area contributed by atoms with Crippen molar-refractivity contribution >= 4 is 21.6 Å². The van der Waals surface area contributed by atoms with Crippen LogP contribution < -0.4 is 5.84 Å². The van der Waals surface area contributed by atoms with Crippen LogP contribution in [-0.2, 0) is 0 Å². The van der Waals surface area contributed by atoms with Crippen LogP contribution in [0.2, 0.25) is 0 Å². The summed E-state index contributed by atoms with van der Waals surface area (Å²) in [4.78, 5) is 0. The fourth-order valence-corrected chi connectivity index (χ4v) is 2.02. The molecule has 2 N–H and O–H groups in total. The van der Waals surface area contributed by atoms with Gasteiger partial charge in [-0.15, -0.1) is 0 Å². The molecule has 0 saturated carbocycles. The largest absolute Gasteiger partial charge is 0.323 e. The Morgan fingerprint density at radius 1 is 0.938 bits per heavy atom. The maximum Gasteiger partial charge on any atom is 0.0982 e. The Morgan fingerprint density at radius 3 is 2.19 bits per heavy atom. The zero-order chi connectivity index (χ0) is 11.4. The fraction of sp³-hybridized carbons (Fsp3) is 0. The van der Waals surface area contributed by atoms with Gasteiger partial charge in [-0.05, 0) is 6.07 Å². The molecule has 16 heavy (non-hydrogen) atoms. The number of hydrogen-bond acceptors (Lipinski definition) is 2. The van der Waals surface area contributed by atoms with Crippen LogP contribution in [0.3, 0.4) is 0 Å². The first-order chi connectivity index (χ1) is 7.83. The van der Waals surface area contributed by atoms with Gasteiger partial charge < -0.3 is 5.84 Å². The summed E-state index contributed by atoms with van der Waals surface area (Å²) in [6, 6.07) is 17.8. The summed E-state index contributed by atoms with van der Waals surface area (Å²) in [5, 5.41) is 3.88. The van der Waals surface area contributed by atoms with Gasteiger partial charge in [0.15, 0.2) is 0 Å². The van der Waals surface area contributed by atoms with Crippen molar-refractivity contribution in [2.75, 3.05) is 0 Å². The maximum atomic E-state index is 5.47. The molecule has 0 aliphatic heterocycles. The highest BCUT2D eigenvalue weighted by Crippen LogP contribution is 2.19. The molecule has 0 spiro atoms. The Balaban J connectivity index is 2.51. The standard InChI is InChI=1S/C13H11BrN2/c14-12-9-5-4-8-11(12)13(16-15)10-6-2-1-3-7-10/h1-9H,15H2. The quantitative estimate of drug-likeness (QED) is 0.510. The summed E-state index contributed by atoms with van der Waals surface area (Å²) in [5.41, 5.74) is 2.79. The molecule has 0 fully saturated rings. The number of hydrazone groups is 1. The Bertz CT molecular complexity index is 506. The van der Waals surface area contributed by atoms with Gasteiger partial charge in [0.25, 0.3) is 0 Å². The van der Waals surface area contributed by atoms with E-state index in [1.807, 2.05) is 54.6 Å². The van der Waals surface area contributed by atoms with E-state index in [2.05, 4.69) is 21.0 Å². The van der Waals surface area contributed by atoms with Crippen LogP contribution in [0, 0.1) is 0 Å². The van der Waals surface area contributed by atoms with Crippen LogP contribution in [0.5, 0.6) is 0 Å². The van der Waals surface area contributed by atoms with Gasteiger partial charge in [0.05, 0.1) is 5.71 Å². The molecule has 0 aromatic heterocycles. The van der Waals surface area contributed by atoms with E-state index < -0.39 is 0 Å². The number of rotatable bonds is 2. The van der Waals surface area contributed by atoms with Crippen LogP contribution in [0.25, 0.3) is 0 Å². The molecule has 0 heterocycles. The normalized spacial score (nSPS) is 11.4. The van der Waals surface area contributed by atoms with Crippen molar-refractivity contribution in [3.63, 3.8) is 0 Å². The predicted octanol–water partition coefficient (Wildman–Crippen LogP) is 3.16. The second-order valence-electron chi connectivity index (χ2n) is 3.32. The number of benzene rings is 2.